The summed E-state index contributed by atoms with van der Waals surface area (Å²) in [4.78, 5) is 18.4. The smallest absolute Gasteiger partial charge is 0.240 e. The quantitative estimate of drug-likeness (QED) is 0.863. The van der Waals surface area contributed by atoms with Crippen LogP contribution in [0.3, 0.4) is 0 Å². The summed E-state index contributed by atoms with van der Waals surface area (Å²) in [5.74, 6) is 0.827. The largest absolute Gasteiger partial charge is 0.378 e. The van der Waals surface area contributed by atoms with Crippen LogP contribution in [0.5, 0.6) is 0 Å². The van der Waals surface area contributed by atoms with Crippen molar-refractivity contribution >= 4 is 33.3 Å². The lowest BCUT2D eigenvalue weighted by atomic mass is 10.2. The molecule has 6 heteroatoms. The first-order valence-electron chi connectivity index (χ1n) is 6.26. The minimum absolute atomic E-state index is 0.0894. The lowest BCUT2D eigenvalue weighted by molar-refractivity contribution is -0.117. The van der Waals surface area contributed by atoms with Gasteiger partial charge in [0.25, 0.3) is 0 Å². The second-order valence-corrected chi connectivity index (χ2v) is 6.91. The molecule has 1 N–H and O–H groups in total. The first-order valence-corrected chi connectivity index (χ1v) is 7.05. The van der Waals surface area contributed by atoms with Crippen molar-refractivity contribution in [1.29, 1.82) is 0 Å². The lowest BCUT2D eigenvalue weighted by Crippen LogP contribution is -2.36. The molecule has 5 nitrogen and oxygen atoms in total. The molecule has 2 rings (SSSR count). The molecule has 1 aromatic heterocycles. The number of hydrogen-bond donors (Lipinski definition) is 1. The van der Waals surface area contributed by atoms with E-state index in [1.54, 1.807) is 20.0 Å². The number of amides is 1. The number of rotatable bonds is 3. The van der Waals surface area contributed by atoms with Gasteiger partial charge in [-0.25, -0.2) is 4.98 Å². The van der Waals surface area contributed by atoms with Crippen molar-refractivity contribution in [2.75, 3.05) is 36.5 Å². The molecule has 2 heterocycles. The molecular weight excluding hydrogens is 310 g/mol. The van der Waals surface area contributed by atoms with E-state index < -0.39 is 4.32 Å². The Morgan fingerprint density at radius 3 is 2.63 bits per heavy atom. The van der Waals surface area contributed by atoms with Crippen LogP contribution in [-0.4, -0.2) is 41.5 Å². The van der Waals surface area contributed by atoms with Gasteiger partial charge in [-0.05, 0) is 26.0 Å². The van der Waals surface area contributed by atoms with Crippen LogP contribution in [0.4, 0.5) is 11.5 Å². The summed E-state index contributed by atoms with van der Waals surface area (Å²) in [5, 5.41) is 2.82. The second kappa shape index (κ2) is 5.88. The van der Waals surface area contributed by atoms with Crippen LogP contribution in [-0.2, 0) is 9.53 Å². The molecule has 0 spiro atoms. The van der Waals surface area contributed by atoms with Gasteiger partial charge in [0.15, 0.2) is 0 Å². The Morgan fingerprint density at radius 2 is 2.11 bits per heavy atom. The van der Waals surface area contributed by atoms with Gasteiger partial charge < -0.3 is 15.0 Å². The Labute approximate surface area is 121 Å². The highest BCUT2D eigenvalue weighted by Crippen LogP contribution is 2.20. The van der Waals surface area contributed by atoms with Crippen molar-refractivity contribution in [3.05, 3.63) is 18.3 Å². The third-order valence-corrected chi connectivity index (χ3v) is 3.24. The second-order valence-electron chi connectivity index (χ2n) is 4.93. The van der Waals surface area contributed by atoms with E-state index >= 15 is 0 Å². The zero-order chi connectivity index (χ0) is 13.9. The van der Waals surface area contributed by atoms with Gasteiger partial charge in [0.1, 0.15) is 5.82 Å². The molecule has 0 radical (unpaired) electrons. The van der Waals surface area contributed by atoms with Crippen LogP contribution in [0.1, 0.15) is 13.8 Å². The Kier molecular flexibility index (Phi) is 4.42. The zero-order valence-electron chi connectivity index (χ0n) is 11.1. The number of halogens is 1. The summed E-state index contributed by atoms with van der Waals surface area (Å²) < 4.78 is 4.72. The first kappa shape index (κ1) is 14.3. The highest BCUT2D eigenvalue weighted by molar-refractivity contribution is 9.10. The number of nitrogens with zero attached hydrogens (tertiary/aromatic N) is 2. The van der Waals surface area contributed by atoms with Crippen molar-refractivity contribution in [3.63, 3.8) is 0 Å². The molecule has 19 heavy (non-hydrogen) atoms. The summed E-state index contributed by atoms with van der Waals surface area (Å²) in [5.41, 5.74) is 0.703. The van der Waals surface area contributed by atoms with E-state index in [4.69, 9.17) is 4.74 Å². The van der Waals surface area contributed by atoms with Crippen molar-refractivity contribution in [1.82, 2.24) is 4.98 Å². The minimum atomic E-state index is -0.587. The molecule has 0 atom stereocenters. The summed E-state index contributed by atoms with van der Waals surface area (Å²) in [7, 11) is 0. The molecule has 1 saturated heterocycles. The van der Waals surface area contributed by atoms with Crippen LogP contribution in [0.15, 0.2) is 18.3 Å². The summed E-state index contributed by atoms with van der Waals surface area (Å²) in [6.45, 7) is 6.78. The van der Waals surface area contributed by atoms with Gasteiger partial charge in [-0.2, -0.15) is 0 Å². The standard InChI is InChI=1S/C13H18BrN3O2/c1-13(2,14)12(18)16-10-3-4-11(15-9-10)17-5-7-19-8-6-17/h3-4,9H,5-8H2,1-2H3,(H,16,18). The molecule has 0 aliphatic carbocycles. The van der Waals surface area contributed by atoms with E-state index in [0.29, 0.717) is 5.69 Å². The zero-order valence-corrected chi connectivity index (χ0v) is 12.7. The summed E-state index contributed by atoms with van der Waals surface area (Å²) >= 11 is 3.32. The van der Waals surface area contributed by atoms with Crippen molar-refractivity contribution in [2.24, 2.45) is 0 Å². The maximum Gasteiger partial charge on any atom is 0.240 e. The Morgan fingerprint density at radius 1 is 1.42 bits per heavy atom. The van der Waals surface area contributed by atoms with Crippen molar-refractivity contribution in [3.8, 4) is 0 Å². The van der Waals surface area contributed by atoms with Crippen LogP contribution in [0.25, 0.3) is 0 Å². The molecule has 0 aromatic carbocycles. The van der Waals surface area contributed by atoms with Crippen LogP contribution in [0, 0.1) is 0 Å². The maximum atomic E-state index is 11.8. The Balaban J connectivity index is 2.00. The molecule has 104 valence electrons. The van der Waals surface area contributed by atoms with Gasteiger partial charge >= 0.3 is 0 Å². The maximum absolute atomic E-state index is 11.8. The Hall–Kier alpha value is -1.14. The van der Waals surface area contributed by atoms with Crippen molar-refractivity contribution in [2.45, 2.75) is 18.2 Å². The molecule has 1 fully saturated rings. The van der Waals surface area contributed by atoms with Crippen LogP contribution < -0.4 is 10.2 Å². The first-order chi connectivity index (χ1) is 8.97. The van der Waals surface area contributed by atoms with Crippen LogP contribution in [0.2, 0.25) is 0 Å². The number of pyridine rings is 1. The molecule has 1 amide bonds. The third kappa shape index (κ3) is 3.91. The molecule has 1 aliphatic rings. The fourth-order valence-electron chi connectivity index (χ4n) is 1.72. The number of carbonyl (C=O) groups is 1. The van der Waals surface area contributed by atoms with E-state index in [-0.39, 0.29) is 5.91 Å². The number of carbonyl (C=O) groups excluding carboxylic acids is 1. The van der Waals surface area contributed by atoms with E-state index in [1.165, 1.54) is 0 Å². The van der Waals surface area contributed by atoms with Gasteiger partial charge in [-0.1, -0.05) is 15.9 Å². The highest BCUT2D eigenvalue weighted by atomic mass is 79.9. The number of morpholine rings is 1. The molecule has 1 aromatic rings. The average molecular weight is 328 g/mol. The van der Waals surface area contributed by atoms with Gasteiger partial charge in [0.05, 0.1) is 29.4 Å². The molecule has 0 saturated carbocycles. The average Bonchev–Trinajstić information content (AvgIpc) is 2.39. The fourth-order valence-corrected chi connectivity index (χ4v) is 1.82. The summed E-state index contributed by atoms with van der Waals surface area (Å²) in [6, 6.07) is 3.79. The lowest BCUT2D eigenvalue weighted by Gasteiger charge is -2.27. The predicted octanol–water partition coefficient (Wildman–Crippen LogP) is 2.03. The number of aromatic nitrogens is 1. The topological polar surface area (TPSA) is 54.5 Å². The molecule has 0 unspecified atom stereocenters. The molecule has 1 aliphatic heterocycles. The number of anilines is 2. The number of ether oxygens (including phenoxy) is 1. The van der Waals surface area contributed by atoms with Crippen molar-refractivity contribution < 1.29 is 9.53 Å². The number of nitrogens with one attached hydrogen (secondary N) is 1. The highest BCUT2D eigenvalue weighted by Gasteiger charge is 2.23. The van der Waals surface area contributed by atoms with E-state index in [1.807, 2.05) is 12.1 Å². The predicted molar refractivity (Wildman–Crippen MR) is 78.9 cm³/mol. The minimum Gasteiger partial charge on any atom is -0.378 e. The third-order valence-electron chi connectivity index (χ3n) is 2.88. The van der Waals surface area contributed by atoms with E-state index in [0.717, 1.165) is 32.1 Å². The number of alkyl halides is 1. The van der Waals surface area contributed by atoms with E-state index in [2.05, 4.69) is 31.1 Å². The van der Waals surface area contributed by atoms with Gasteiger partial charge in [-0.3, -0.25) is 4.79 Å². The molecular formula is C13H18BrN3O2. The SMILES string of the molecule is CC(C)(Br)C(=O)Nc1ccc(N2CCOCC2)nc1. The van der Waals surface area contributed by atoms with Gasteiger partial charge in [0.2, 0.25) is 5.91 Å². The summed E-state index contributed by atoms with van der Waals surface area (Å²) in [6.07, 6.45) is 1.68. The monoisotopic (exact) mass is 327 g/mol. The van der Waals surface area contributed by atoms with Gasteiger partial charge in [-0.15, -0.1) is 0 Å². The van der Waals surface area contributed by atoms with Crippen LogP contribution >= 0.6 is 15.9 Å². The van der Waals surface area contributed by atoms with Gasteiger partial charge in [0, 0.05) is 13.1 Å². The fraction of sp³-hybridized carbons (Fsp3) is 0.538. The number of hydrogen-bond acceptors (Lipinski definition) is 4. The normalized spacial score (nSPS) is 16.3. The Bertz CT molecular complexity index is 436. The molecule has 0 bridgehead atoms. The van der Waals surface area contributed by atoms with E-state index in [9.17, 15) is 4.79 Å².